The van der Waals surface area contributed by atoms with Crippen LogP contribution in [0.5, 0.6) is 5.75 Å². The van der Waals surface area contributed by atoms with Gasteiger partial charge in [-0.05, 0) is 19.1 Å². The summed E-state index contributed by atoms with van der Waals surface area (Å²) in [5, 5.41) is 11.8. The van der Waals surface area contributed by atoms with E-state index in [1.54, 1.807) is 0 Å². The molecule has 0 amide bonds. The molecule has 1 aromatic rings. The van der Waals surface area contributed by atoms with E-state index in [9.17, 15) is 4.39 Å². The summed E-state index contributed by atoms with van der Waals surface area (Å²) in [4.78, 5) is 0. The lowest BCUT2D eigenvalue weighted by Crippen LogP contribution is -1.97. The summed E-state index contributed by atoms with van der Waals surface area (Å²) in [5.74, 6) is -0.992. The second kappa shape index (κ2) is 3.23. The van der Waals surface area contributed by atoms with E-state index in [-0.39, 0.29) is 5.75 Å². The number of hydrogen-bond acceptors (Lipinski definition) is 2. The van der Waals surface area contributed by atoms with E-state index in [4.69, 9.17) is 5.11 Å². The standard InChI is InChI=1S/C8H9FNO/c1-2-10-7-5-3-4-6(9)8(7)11/h3-4,10-11H,2H2,1H3. The third-order valence-electron chi connectivity index (χ3n) is 1.27. The lowest BCUT2D eigenvalue weighted by Gasteiger charge is -2.04. The number of rotatable bonds is 2. The fourth-order valence-electron chi connectivity index (χ4n) is 0.776. The Labute approximate surface area is 64.7 Å². The van der Waals surface area contributed by atoms with E-state index in [0.717, 1.165) is 6.07 Å². The van der Waals surface area contributed by atoms with Crippen molar-refractivity contribution in [3.05, 3.63) is 24.0 Å². The maximum atomic E-state index is 12.6. The molecule has 1 aromatic carbocycles. The zero-order chi connectivity index (χ0) is 8.27. The van der Waals surface area contributed by atoms with E-state index < -0.39 is 5.82 Å². The first-order valence-corrected chi connectivity index (χ1v) is 3.38. The molecule has 0 aliphatic carbocycles. The van der Waals surface area contributed by atoms with Gasteiger partial charge in [-0.25, -0.2) is 4.39 Å². The monoisotopic (exact) mass is 154 g/mol. The average Bonchev–Trinajstić information content (AvgIpc) is 1.99. The lowest BCUT2D eigenvalue weighted by molar-refractivity contribution is 0.434. The zero-order valence-corrected chi connectivity index (χ0v) is 6.19. The molecule has 0 aliphatic rings. The number of hydrogen-bond donors (Lipinski definition) is 2. The van der Waals surface area contributed by atoms with Crippen molar-refractivity contribution in [1.29, 1.82) is 0 Å². The van der Waals surface area contributed by atoms with Gasteiger partial charge in [0.2, 0.25) is 0 Å². The number of nitrogens with one attached hydrogen (secondary N) is 1. The molecule has 0 bridgehead atoms. The second-order valence-corrected chi connectivity index (χ2v) is 2.08. The van der Waals surface area contributed by atoms with Crippen LogP contribution >= 0.6 is 0 Å². The molecule has 2 N–H and O–H groups in total. The van der Waals surface area contributed by atoms with E-state index in [1.165, 1.54) is 6.07 Å². The Morgan fingerprint density at radius 3 is 3.09 bits per heavy atom. The second-order valence-electron chi connectivity index (χ2n) is 2.08. The molecule has 3 heteroatoms. The SMILES string of the molecule is CCNc1[c]ccc(F)c1O. The van der Waals surface area contributed by atoms with Crippen LogP contribution in [-0.2, 0) is 0 Å². The van der Waals surface area contributed by atoms with Crippen LogP contribution < -0.4 is 5.32 Å². The maximum absolute atomic E-state index is 12.6. The van der Waals surface area contributed by atoms with Crippen molar-refractivity contribution in [2.24, 2.45) is 0 Å². The van der Waals surface area contributed by atoms with Crippen molar-refractivity contribution in [2.75, 3.05) is 11.9 Å². The summed E-state index contributed by atoms with van der Waals surface area (Å²) >= 11 is 0. The van der Waals surface area contributed by atoms with Gasteiger partial charge in [-0.2, -0.15) is 0 Å². The lowest BCUT2D eigenvalue weighted by atomic mass is 10.3. The van der Waals surface area contributed by atoms with Crippen molar-refractivity contribution in [1.82, 2.24) is 0 Å². The fourth-order valence-corrected chi connectivity index (χ4v) is 0.776. The quantitative estimate of drug-likeness (QED) is 0.636. The molecule has 0 saturated heterocycles. The predicted molar refractivity (Wildman–Crippen MR) is 41.1 cm³/mol. The minimum atomic E-state index is -0.625. The smallest absolute Gasteiger partial charge is 0.175 e. The number of phenolic OH excluding ortho intramolecular Hbond substituents is 1. The summed E-state index contributed by atoms with van der Waals surface area (Å²) in [7, 11) is 0. The number of anilines is 1. The van der Waals surface area contributed by atoms with E-state index >= 15 is 0 Å². The first kappa shape index (κ1) is 7.85. The Bertz CT molecular complexity index is 250. The van der Waals surface area contributed by atoms with Gasteiger partial charge in [0.25, 0.3) is 0 Å². The molecule has 0 unspecified atom stereocenters. The highest BCUT2D eigenvalue weighted by Gasteiger charge is 2.03. The molecule has 1 radical (unpaired) electrons. The molecule has 0 spiro atoms. The normalized spacial score (nSPS) is 9.64. The first-order chi connectivity index (χ1) is 5.25. The van der Waals surface area contributed by atoms with Gasteiger partial charge in [0.1, 0.15) is 0 Å². The molecule has 1 rings (SSSR count). The first-order valence-electron chi connectivity index (χ1n) is 3.38. The minimum absolute atomic E-state index is 0.313. The molecular formula is C8H9FNO. The summed E-state index contributed by atoms with van der Waals surface area (Å²) in [6.07, 6.45) is 0. The fraction of sp³-hybridized carbons (Fsp3) is 0.250. The van der Waals surface area contributed by atoms with Crippen molar-refractivity contribution in [2.45, 2.75) is 6.92 Å². The van der Waals surface area contributed by atoms with Crippen LogP contribution in [0.2, 0.25) is 0 Å². The third-order valence-corrected chi connectivity index (χ3v) is 1.27. The highest BCUT2D eigenvalue weighted by molar-refractivity contribution is 5.54. The van der Waals surface area contributed by atoms with Gasteiger partial charge >= 0.3 is 0 Å². The Kier molecular flexibility index (Phi) is 2.31. The molecule has 0 atom stereocenters. The van der Waals surface area contributed by atoms with Crippen LogP contribution in [0.15, 0.2) is 12.1 Å². The van der Waals surface area contributed by atoms with Crippen LogP contribution in [0.3, 0.4) is 0 Å². The van der Waals surface area contributed by atoms with Crippen molar-refractivity contribution < 1.29 is 9.50 Å². The zero-order valence-electron chi connectivity index (χ0n) is 6.19. The van der Waals surface area contributed by atoms with Gasteiger partial charge < -0.3 is 10.4 Å². The van der Waals surface area contributed by atoms with Gasteiger partial charge in [0, 0.05) is 12.6 Å². The van der Waals surface area contributed by atoms with Crippen LogP contribution in [0, 0.1) is 11.9 Å². The Morgan fingerprint density at radius 2 is 2.45 bits per heavy atom. The van der Waals surface area contributed by atoms with Gasteiger partial charge in [-0.3, -0.25) is 0 Å². The number of halogens is 1. The summed E-state index contributed by atoms with van der Waals surface area (Å²) in [6.45, 7) is 2.49. The minimum Gasteiger partial charge on any atom is -0.503 e. The molecule has 2 nitrogen and oxygen atoms in total. The maximum Gasteiger partial charge on any atom is 0.175 e. The number of benzene rings is 1. The molecular weight excluding hydrogens is 145 g/mol. The van der Waals surface area contributed by atoms with Crippen LogP contribution in [0.4, 0.5) is 10.1 Å². The molecule has 0 saturated carbocycles. The molecule has 0 aliphatic heterocycles. The summed E-state index contributed by atoms with van der Waals surface area (Å²) < 4.78 is 12.6. The van der Waals surface area contributed by atoms with Gasteiger partial charge in [-0.15, -0.1) is 0 Å². The number of phenols is 1. The van der Waals surface area contributed by atoms with Gasteiger partial charge in [0.15, 0.2) is 11.6 Å². The highest BCUT2D eigenvalue weighted by Crippen LogP contribution is 2.24. The van der Waals surface area contributed by atoms with E-state index in [2.05, 4.69) is 11.4 Å². The van der Waals surface area contributed by atoms with Crippen LogP contribution in [-0.4, -0.2) is 11.7 Å². The largest absolute Gasteiger partial charge is 0.503 e. The van der Waals surface area contributed by atoms with Gasteiger partial charge in [-0.1, -0.05) is 0 Å². The number of aromatic hydroxyl groups is 1. The highest BCUT2D eigenvalue weighted by atomic mass is 19.1. The van der Waals surface area contributed by atoms with E-state index in [0.29, 0.717) is 12.2 Å². The average molecular weight is 154 g/mol. The molecule has 11 heavy (non-hydrogen) atoms. The summed E-state index contributed by atoms with van der Waals surface area (Å²) in [5.41, 5.74) is 0.313. The van der Waals surface area contributed by atoms with Crippen molar-refractivity contribution >= 4 is 5.69 Å². The topological polar surface area (TPSA) is 32.3 Å². The van der Waals surface area contributed by atoms with Gasteiger partial charge in [0.05, 0.1) is 5.69 Å². The third kappa shape index (κ3) is 1.61. The Hall–Kier alpha value is -1.25. The molecule has 0 aromatic heterocycles. The van der Waals surface area contributed by atoms with Crippen molar-refractivity contribution in [3.63, 3.8) is 0 Å². The Morgan fingerprint density at radius 1 is 1.73 bits per heavy atom. The van der Waals surface area contributed by atoms with Crippen LogP contribution in [0.25, 0.3) is 0 Å². The summed E-state index contributed by atoms with van der Waals surface area (Å²) in [6, 6.07) is 5.26. The van der Waals surface area contributed by atoms with Crippen molar-refractivity contribution in [3.8, 4) is 5.75 Å². The predicted octanol–water partition coefficient (Wildman–Crippen LogP) is 1.76. The molecule has 0 heterocycles. The molecule has 59 valence electrons. The van der Waals surface area contributed by atoms with E-state index in [1.807, 2.05) is 6.92 Å². The Balaban J connectivity index is 2.96. The van der Waals surface area contributed by atoms with Crippen LogP contribution in [0.1, 0.15) is 6.92 Å². The molecule has 0 fully saturated rings.